The molecule has 0 atom stereocenters. The van der Waals surface area contributed by atoms with Gasteiger partial charge in [-0.15, -0.1) is 0 Å². The molecule has 3 nitrogen and oxygen atoms in total. The minimum Gasteiger partial charge on any atom is -0.324 e. The Balaban J connectivity index is 0. The fourth-order valence-electron chi connectivity index (χ4n) is 0.291. The summed E-state index contributed by atoms with van der Waals surface area (Å²) in [5, 5.41) is 0. The molecule has 0 radical (unpaired) electrons. The normalized spacial score (nSPS) is 10.4. The summed E-state index contributed by atoms with van der Waals surface area (Å²) >= 11 is 0. The molecule has 5 heteroatoms. The van der Waals surface area contributed by atoms with Gasteiger partial charge in [-0.05, 0) is 6.42 Å². The molecule has 0 saturated heterocycles. The van der Waals surface area contributed by atoms with Crippen LogP contribution in [0.2, 0.25) is 0 Å². The first-order chi connectivity index (χ1) is 3.06. The Morgan fingerprint density at radius 2 is 1.88 bits per heavy atom. The van der Waals surface area contributed by atoms with Gasteiger partial charge in [0, 0.05) is 27.2 Å². The van der Waals surface area contributed by atoms with Gasteiger partial charge in [0.2, 0.25) is 0 Å². The maximum atomic E-state index is 9.93. The van der Waals surface area contributed by atoms with E-state index in [2.05, 4.69) is 0 Å². The van der Waals surface area contributed by atoms with Crippen LogP contribution in [0.1, 0.15) is 13.3 Å². The second-order valence-electron chi connectivity index (χ2n) is 1.39. The fourth-order valence-corrected chi connectivity index (χ4v) is 0.874. The van der Waals surface area contributed by atoms with Crippen molar-refractivity contribution in [3.05, 3.63) is 0 Å². The van der Waals surface area contributed by atoms with Gasteiger partial charge in [-0.1, -0.05) is 6.92 Å². The molecular formula is C3H9O3PPt. The molecule has 0 heterocycles. The summed E-state index contributed by atoms with van der Waals surface area (Å²) in [4.78, 5) is 16.3. The predicted octanol–water partition coefficient (Wildman–Crippen LogP) is 0.572. The van der Waals surface area contributed by atoms with Crippen molar-refractivity contribution in [2.45, 2.75) is 13.3 Å². The predicted molar refractivity (Wildman–Crippen MR) is 27.2 cm³/mol. The van der Waals surface area contributed by atoms with E-state index in [9.17, 15) is 4.57 Å². The van der Waals surface area contributed by atoms with Gasteiger partial charge in [-0.25, -0.2) is 0 Å². The third-order valence-electron chi connectivity index (χ3n) is 0.515. The number of rotatable bonds is 2. The number of hydrogen-bond donors (Lipinski definition) is 2. The topological polar surface area (TPSA) is 57.5 Å². The van der Waals surface area contributed by atoms with E-state index in [1.807, 2.05) is 0 Å². The molecule has 8 heavy (non-hydrogen) atoms. The van der Waals surface area contributed by atoms with Crippen molar-refractivity contribution >= 4 is 7.60 Å². The average molecular weight is 319 g/mol. The zero-order chi connectivity index (χ0) is 5.91. The van der Waals surface area contributed by atoms with Crippen LogP contribution >= 0.6 is 7.60 Å². The molecule has 0 aliphatic heterocycles. The Kier molecular flexibility index (Phi) is 6.81. The van der Waals surface area contributed by atoms with E-state index in [4.69, 9.17) is 9.79 Å². The van der Waals surface area contributed by atoms with E-state index in [0.717, 1.165) is 0 Å². The standard InChI is InChI=1S/C3H9O3P.Pt/c1-2-3-7(4,5)6;/h2-3H2,1H3,(H2,4,5,6);. The Morgan fingerprint density at radius 1 is 1.50 bits per heavy atom. The van der Waals surface area contributed by atoms with E-state index in [0.29, 0.717) is 6.42 Å². The van der Waals surface area contributed by atoms with Gasteiger partial charge in [0.1, 0.15) is 0 Å². The van der Waals surface area contributed by atoms with E-state index >= 15 is 0 Å². The molecule has 2 N–H and O–H groups in total. The first-order valence-electron chi connectivity index (χ1n) is 2.11. The SMILES string of the molecule is CCCP(=O)(O)O.[Pt]. The van der Waals surface area contributed by atoms with Crippen LogP contribution in [0, 0.1) is 0 Å². The molecular weight excluding hydrogens is 310 g/mol. The summed E-state index contributed by atoms with van der Waals surface area (Å²) in [6.07, 6.45) is 0.553. The fraction of sp³-hybridized carbons (Fsp3) is 1.00. The van der Waals surface area contributed by atoms with Crippen molar-refractivity contribution in [2.75, 3.05) is 6.16 Å². The van der Waals surface area contributed by atoms with Gasteiger partial charge in [0.05, 0.1) is 0 Å². The summed E-state index contributed by atoms with van der Waals surface area (Å²) < 4.78 is 9.93. The minimum atomic E-state index is -3.67. The van der Waals surface area contributed by atoms with Crippen LogP contribution < -0.4 is 0 Å². The van der Waals surface area contributed by atoms with Crippen molar-refractivity contribution in [1.82, 2.24) is 0 Å². The van der Waals surface area contributed by atoms with Crippen molar-refractivity contribution in [3.63, 3.8) is 0 Å². The van der Waals surface area contributed by atoms with Crippen LogP contribution in [0.25, 0.3) is 0 Å². The molecule has 0 fully saturated rings. The van der Waals surface area contributed by atoms with E-state index in [1.165, 1.54) is 0 Å². The molecule has 0 unspecified atom stereocenters. The smallest absolute Gasteiger partial charge is 0.324 e. The molecule has 0 aliphatic rings. The maximum absolute atomic E-state index is 9.93. The van der Waals surface area contributed by atoms with Crippen LogP contribution in [0.4, 0.5) is 0 Å². The van der Waals surface area contributed by atoms with Crippen LogP contribution in [0.15, 0.2) is 0 Å². The van der Waals surface area contributed by atoms with Crippen molar-refractivity contribution in [2.24, 2.45) is 0 Å². The zero-order valence-corrected chi connectivity index (χ0v) is 7.65. The summed E-state index contributed by atoms with van der Waals surface area (Å²) in [6, 6.07) is 0. The molecule has 0 aromatic heterocycles. The van der Waals surface area contributed by atoms with Gasteiger partial charge in [-0.2, -0.15) is 0 Å². The molecule has 0 saturated carbocycles. The summed E-state index contributed by atoms with van der Waals surface area (Å²) in [5.74, 6) is 0. The third-order valence-corrected chi connectivity index (χ3v) is 1.54. The van der Waals surface area contributed by atoms with Crippen LogP contribution in [-0.2, 0) is 25.6 Å². The van der Waals surface area contributed by atoms with Crippen LogP contribution in [0.3, 0.4) is 0 Å². The first kappa shape index (κ1) is 11.6. The van der Waals surface area contributed by atoms with Crippen LogP contribution in [-0.4, -0.2) is 15.9 Å². The Morgan fingerprint density at radius 3 is 1.88 bits per heavy atom. The minimum absolute atomic E-state index is 0. The Labute approximate surface area is 62.9 Å². The van der Waals surface area contributed by atoms with Gasteiger partial charge < -0.3 is 9.79 Å². The average Bonchev–Trinajstić information content (AvgIpc) is 1.30. The molecule has 54 valence electrons. The van der Waals surface area contributed by atoms with Crippen molar-refractivity contribution in [3.8, 4) is 0 Å². The molecule has 0 aromatic rings. The van der Waals surface area contributed by atoms with Gasteiger partial charge in [0.15, 0.2) is 0 Å². The van der Waals surface area contributed by atoms with Gasteiger partial charge >= 0.3 is 7.60 Å². The summed E-state index contributed by atoms with van der Waals surface area (Å²) in [5.41, 5.74) is 0. The van der Waals surface area contributed by atoms with Crippen LogP contribution in [0.5, 0.6) is 0 Å². The molecule has 0 aliphatic carbocycles. The van der Waals surface area contributed by atoms with Crippen molar-refractivity contribution < 1.29 is 35.4 Å². The quantitative estimate of drug-likeness (QED) is 0.732. The summed E-state index contributed by atoms with van der Waals surface area (Å²) in [6.45, 7) is 1.74. The zero-order valence-electron chi connectivity index (χ0n) is 4.48. The monoisotopic (exact) mass is 319 g/mol. The second kappa shape index (κ2) is 4.69. The van der Waals surface area contributed by atoms with Gasteiger partial charge in [-0.3, -0.25) is 4.57 Å². The largest absolute Gasteiger partial charge is 0.325 e. The van der Waals surface area contributed by atoms with E-state index in [1.54, 1.807) is 6.92 Å². The summed E-state index contributed by atoms with van der Waals surface area (Å²) in [7, 11) is -3.67. The van der Waals surface area contributed by atoms with Gasteiger partial charge in [0.25, 0.3) is 0 Å². The van der Waals surface area contributed by atoms with E-state index in [-0.39, 0.29) is 27.2 Å². The molecule has 0 amide bonds. The maximum Gasteiger partial charge on any atom is 0.325 e. The Bertz CT molecular complexity index is 88.5. The Hall–Kier alpha value is 0.838. The third kappa shape index (κ3) is 9.96. The van der Waals surface area contributed by atoms with Crippen molar-refractivity contribution in [1.29, 1.82) is 0 Å². The second-order valence-corrected chi connectivity index (χ2v) is 3.16. The number of hydrogen-bond acceptors (Lipinski definition) is 1. The first-order valence-corrected chi connectivity index (χ1v) is 3.90. The molecule has 0 aromatic carbocycles. The van der Waals surface area contributed by atoms with E-state index < -0.39 is 7.60 Å². The molecule has 0 spiro atoms. The molecule has 0 bridgehead atoms. The molecule has 0 rings (SSSR count).